The summed E-state index contributed by atoms with van der Waals surface area (Å²) in [5, 5.41) is 4.14. The molecule has 19 heavy (non-hydrogen) atoms. The fraction of sp³-hybridized carbons (Fsp3) is 1.00. The molecule has 1 aliphatic rings. The minimum Gasteiger partial charge on any atom is -0.416 e. The van der Waals surface area contributed by atoms with Crippen LogP contribution in [0.3, 0.4) is 0 Å². The van der Waals surface area contributed by atoms with Crippen LogP contribution >= 0.6 is 0 Å². The molecule has 0 unspecified atom stereocenters. The van der Waals surface area contributed by atoms with Crippen LogP contribution in [-0.4, -0.2) is 34.2 Å². The molecular weight excluding hydrogens is 258 g/mol. The Morgan fingerprint density at radius 1 is 1.37 bits per heavy atom. The summed E-state index contributed by atoms with van der Waals surface area (Å²) < 4.78 is 11.6. The third kappa shape index (κ3) is 4.80. The zero-order valence-electron chi connectivity index (χ0n) is 12.8. The molecule has 0 radical (unpaired) electrons. The van der Waals surface area contributed by atoms with E-state index in [-0.39, 0.29) is 11.1 Å². The highest BCUT2D eigenvalue weighted by atomic mass is 28.4. The van der Waals surface area contributed by atoms with Crippen molar-refractivity contribution in [3.63, 3.8) is 0 Å². The second kappa shape index (κ2) is 6.75. The summed E-state index contributed by atoms with van der Waals surface area (Å²) >= 11 is 0. The van der Waals surface area contributed by atoms with Crippen LogP contribution in [0.4, 0.5) is 0 Å². The topological polar surface area (TPSA) is 67.2 Å². The Morgan fingerprint density at radius 3 is 2.42 bits per heavy atom. The van der Waals surface area contributed by atoms with E-state index in [1.54, 1.807) is 0 Å². The van der Waals surface area contributed by atoms with Crippen molar-refractivity contribution in [3.8, 4) is 0 Å². The minimum atomic E-state index is -1.77. The van der Waals surface area contributed by atoms with Gasteiger partial charge in [-0.2, -0.15) is 0 Å². The van der Waals surface area contributed by atoms with Crippen molar-refractivity contribution < 1.29 is 9.16 Å². The van der Waals surface area contributed by atoms with Gasteiger partial charge in [-0.05, 0) is 42.4 Å². The zero-order chi connectivity index (χ0) is 14.5. The number of azide groups is 1. The lowest BCUT2D eigenvalue weighted by Gasteiger charge is -2.38. The van der Waals surface area contributed by atoms with Crippen molar-refractivity contribution in [2.75, 3.05) is 19.8 Å². The number of hydrogen-bond acceptors (Lipinski definition) is 3. The molecule has 0 aliphatic carbocycles. The van der Waals surface area contributed by atoms with Gasteiger partial charge in [-0.3, -0.25) is 0 Å². The van der Waals surface area contributed by atoms with Crippen LogP contribution in [0.1, 0.15) is 33.6 Å². The monoisotopic (exact) mass is 285 g/mol. The second-order valence-electron chi connectivity index (χ2n) is 6.79. The van der Waals surface area contributed by atoms with Gasteiger partial charge in [-0.25, -0.2) is 0 Å². The normalized spacial score (nSPS) is 19.8. The first-order valence-corrected chi connectivity index (χ1v) is 9.94. The first-order valence-electron chi connectivity index (χ1n) is 7.04. The Morgan fingerprint density at radius 2 is 1.95 bits per heavy atom. The van der Waals surface area contributed by atoms with Crippen LogP contribution < -0.4 is 0 Å². The van der Waals surface area contributed by atoms with E-state index in [9.17, 15) is 0 Å². The number of nitrogens with zero attached hydrogens (tertiary/aromatic N) is 3. The lowest BCUT2D eigenvalue weighted by atomic mass is 9.93. The predicted octanol–water partition coefficient (Wildman–Crippen LogP) is 4.11. The molecule has 0 amide bonds. The van der Waals surface area contributed by atoms with E-state index in [0.717, 1.165) is 26.1 Å². The summed E-state index contributed by atoms with van der Waals surface area (Å²) in [4.78, 5) is 2.99. The van der Waals surface area contributed by atoms with E-state index in [1.165, 1.54) is 0 Å². The molecule has 110 valence electrons. The van der Waals surface area contributed by atoms with E-state index < -0.39 is 8.32 Å². The summed E-state index contributed by atoms with van der Waals surface area (Å²) in [5.41, 5.74) is 8.74. The van der Waals surface area contributed by atoms with Gasteiger partial charge >= 0.3 is 0 Å². The second-order valence-corrected chi connectivity index (χ2v) is 11.6. The van der Waals surface area contributed by atoms with Gasteiger partial charge in [0, 0.05) is 24.7 Å². The minimum absolute atomic E-state index is 0.0528. The number of hydrogen-bond donors (Lipinski definition) is 0. The van der Waals surface area contributed by atoms with Gasteiger partial charge < -0.3 is 9.16 Å². The van der Waals surface area contributed by atoms with Crippen molar-refractivity contribution in [3.05, 3.63) is 10.4 Å². The van der Waals surface area contributed by atoms with Crippen LogP contribution in [0.15, 0.2) is 5.11 Å². The molecule has 6 heteroatoms. The first kappa shape index (κ1) is 16.5. The summed E-state index contributed by atoms with van der Waals surface area (Å²) in [6.07, 6.45) is 1.93. The predicted molar refractivity (Wildman–Crippen MR) is 79.6 cm³/mol. The molecule has 1 aliphatic heterocycles. The molecule has 0 N–H and O–H groups in total. The van der Waals surface area contributed by atoms with Crippen LogP contribution in [0.5, 0.6) is 0 Å². The first-order chi connectivity index (χ1) is 8.78. The molecule has 1 heterocycles. The van der Waals surface area contributed by atoms with Crippen molar-refractivity contribution in [1.29, 1.82) is 0 Å². The average Bonchev–Trinajstić information content (AvgIpc) is 2.34. The summed E-state index contributed by atoms with van der Waals surface area (Å²) in [7, 11) is -1.77. The average molecular weight is 285 g/mol. The number of rotatable bonds is 5. The van der Waals surface area contributed by atoms with E-state index in [4.69, 9.17) is 14.7 Å². The van der Waals surface area contributed by atoms with Gasteiger partial charge in [0.1, 0.15) is 0 Å². The fourth-order valence-corrected chi connectivity index (χ4v) is 2.96. The van der Waals surface area contributed by atoms with Gasteiger partial charge in [0.15, 0.2) is 8.32 Å². The lowest BCUT2D eigenvalue weighted by molar-refractivity contribution is 0.0513. The third-order valence-corrected chi connectivity index (χ3v) is 8.93. The largest absolute Gasteiger partial charge is 0.416 e. The van der Waals surface area contributed by atoms with Crippen LogP contribution in [0.2, 0.25) is 18.1 Å². The molecular formula is C13H27N3O2Si. The quantitative estimate of drug-likeness (QED) is 0.330. The highest BCUT2D eigenvalue weighted by Crippen LogP contribution is 2.37. The van der Waals surface area contributed by atoms with Crippen molar-refractivity contribution in [2.45, 2.75) is 57.8 Å². The lowest BCUT2D eigenvalue weighted by Crippen LogP contribution is -2.43. The van der Waals surface area contributed by atoms with Gasteiger partial charge in [-0.15, -0.1) is 0 Å². The van der Waals surface area contributed by atoms with Gasteiger partial charge in [0.25, 0.3) is 0 Å². The highest BCUT2D eigenvalue weighted by molar-refractivity contribution is 6.74. The maximum Gasteiger partial charge on any atom is 0.191 e. The Labute approximate surface area is 117 Å². The Balaban J connectivity index is 2.61. The molecule has 0 saturated carbocycles. The van der Waals surface area contributed by atoms with E-state index in [1.807, 2.05) is 0 Å². The maximum atomic E-state index is 8.74. The Hall–Kier alpha value is -0.553. The summed E-state index contributed by atoms with van der Waals surface area (Å²) in [6.45, 7) is 13.2. The van der Waals surface area contributed by atoms with Crippen molar-refractivity contribution in [1.82, 2.24) is 0 Å². The van der Waals surface area contributed by atoms with Gasteiger partial charge in [0.05, 0.1) is 6.04 Å². The molecule has 5 nitrogen and oxygen atoms in total. The van der Waals surface area contributed by atoms with Gasteiger partial charge in [-0.1, -0.05) is 25.9 Å². The zero-order valence-corrected chi connectivity index (χ0v) is 13.8. The van der Waals surface area contributed by atoms with Crippen LogP contribution in [-0.2, 0) is 9.16 Å². The maximum absolute atomic E-state index is 8.74. The van der Waals surface area contributed by atoms with Crippen molar-refractivity contribution >= 4 is 8.32 Å². The standard InChI is InChI=1S/C13H27N3O2Si/c1-13(2,3)19(4,5)18-10-12(15-16-14)11-6-8-17-9-7-11/h11-12H,6-10H2,1-5H3/t12-/m1/s1. The SMILES string of the molecule is CC(C)(C)[Si](C)(C)OC[C@@H](N=[N+]=[N-])C1CCOCC1. The van der Waals surface area contributed by atoms with Crippen LogP contribution in [0, 0.1) is 5.92 Å². The Bertz CT molecular complexity index is 329. The summed E-state index contributed by atoms with van der Waals surface area (Å²) in [5.74, 6) is 0.398. The molecule has 1 saturated heterocycles. The molecule has 1 rings (SSSR count). The fourth-order valence-electron chi connectivity index (χ4n) is 1.94. The van der Waals surface area contributed by atoms with Crippen molar-refractivity contribution in [2.24, 2.45) is 11.0 Å². The van der Waals surface area contributed by atoms with E-state index in [2.05, 4.69) is 43.9 Å². The molecule has 0 aromatic heterocycles. The van der Waals surface area contributed by atoms with Gasteiger partial charge in [0.2, 0.25) is 0 Å². The third-order valence-electron chi connectivity index (χ3n) is 4.43. The summed E-state index contributed by atoms with van der Waals surface area (Å²) in [6, 6.07) is -0.0528. The molecule has 0 bridgehead atoms. The van der Waals surface area contributed by atoms with E-state index >= 15 is 0 Å². The molecule has 0 spiro atoms. The van der Waals surface area contributed by atoms with E-state index in [0.29, 0.717) is 12.5 Å². The Kier molecular flexibility index (Phi) is 5.86. The molecule has 1 fully saturated rings. The van der Waals surface area contributed by atoms with Crippen LogP contribution in [0.25, 0.3) is 10.4 Å². The highest BCUT2D eigenvalue weighted by Gasteiger charge is 2.38. The number of ether oxygens (including phenoxy) is 1. The smallest absolute Gasteiger partial charge is 0.191 e. The molecule has 0 aromatic carbocycles. The molecule has 1 atom stereocenters. The molecule has 0 aromatic rings.